The molecule has 1 heterocycles. The Morgan fingerprint density at radius 3 is 2.59 bits per heavy atom. The number of amides is 1. The number of hydrazone groups is 1. The van der Waals surface area contributed by atoms with Gasteiger partial charge >= 0.3 is 5.97 Å². The van der Waals surface area contributed by atoms with Crippen LogP contribution in [0.3, 0.4) is 0 Å². The van der Waals surface area contributed by atoms with Gasteiger partial charge in [0.1, 0.15) is 5.75 Å². The van der Waals surface area contributed by atoms with Gasteiger partial charge in [0, 0.05) is 27.7 Å². The average Bonchev–Trinajstić information content (AvgIpc) is 3.25. The Balaban J connectivity index is 1.71. The summed E-state index contributed by atoms with van der Waals surface area (Å²) in [6.07, 6.45) is 2.66. The maximum absolute atomic E-state index is 12.1. The van der Waals surface area contributed by atoms with Crippen LogP contribution in [0.25, 0.3) is 0 Å². The summed E-state index contributed by atoms with van der Waals surface area (Å²) in [5.41, 5.74) is 2.81. The Morgan fingerprint density at radius 1 is 1.17 bits per heavy atom. The van der Waals surface area contributed by atoms with Crippen LogP contribution < -0.4 is 10.2 Å². The third-order valence-corrected chi connectivity index (χ3v) is 4.10. The summed E-state index contributed by atoms with van der Waals surface area (Å²) in [7, 11) is 0. The van der Waals surface area contributed by atoms with Crippen molar-refractivity contribution in [2.24, 2.45) is 5.10 Å². The molecule has 3 aromatic rings. The zero-order valence-corrected chi connectivity index (χ0v) is 16.2. The quantitative estimate of drug-likeness (QED) is 0.196. The van der Waals surface area contributed by atoms with Gasteiger partial charge in [0.05, 0.1) is 17.4 Å². The van der Waals surface area contributed by atoms with E-state index in [9.17, 15) is 19.7 Å². The zero-order valence-electron chi connectivity index (χ0n) is 14.6. The van der Waals surface area contributed by atoms with Crippen molar-refractivity contribution in [3.05, 3.63) is 92.3 Å². The van der Waals surface area contributed by atoms with Gasteiger partial charge in [-0.2, -0.15) is 5.10 Å². The van der Waals surface area contributed by atoms with Crippen molar-refractivity contribution in [1.82, 2.24) is 5.43 Å². The lowest BCUT2D eigenvalue weighted by molar-refractivity contribution is -0.384. The molecule has 0 fully saturated rings. The number of halogens is 1. The number of esters is 1. The minimum absolute atomic E-state index is 0.0438. The lowest BCUT2D eigenvalue weighted by Crippen LogP contribution is -2.17. The number of carbonyl (C=O) groups is 2. The van der Waals surface area contributed by atoms with Crippen LogP contribution in [-0.4, -0.2) is 23.0 Å². The number of carbonyl (C=O) groups excluding carboxylic acids is 2. The van der Waals surface area contributed by atoms with Gasteiger partial charge in [-0.25, -0.2) is 10.2 Å². The fourth-order valence-electron chi connectivity index (χ4n) is 2.22. The van der Waals surface area contributed by atoms with E-state index in [1.54, 1.807) is 24.3 Å². The third-order valence-electron chi connectivity index (χ3n) is 3.61. The monoisotopic (exact) mass is 457 g/mol. The molecule has 0 bridgehead atoms. The van der Waals surface area contributed by atoms with Crippen LogP contribution >= 0.6 is 15.9 Å². The van der Waals surface area contributed by atoms with Crippen LogP contribution in [0.5, 0.6) is 5.75 Å². The minimum atomic E-state index is -0.679. The Labute approximate surface area is 172 Å². The molecule has 146 valence electrons. The molecule has 1 amide bonds. The van der Waals surface area contributed by atoms with Gasteiger partial charge in [-0.1, -0.05) is 15.9 Å². The van der Waals surface area contributed by atoms with E-state index in [1.165, 1.54) is 42.8 Å². The number of nitro groups is 1. The Bertz CT molecular complexity index is 1080. The Hall–Kier alpha value is -3.79. The first-order chi connectivity index (χ1) is 13.9. The number of hydrogen-bond acceptors (Lipinski definition) is 7. The lowest BCUT2D eigenvalue weighted by Gasteiger charge is -2.07. The highest BCUT2D eigenvalue weighted by molar-refractivity contribution is 9.10. The highest BCUT2D eigenvalue weighted by Gasteiger charge is 2.14. The highest BCUT2D eigenvalue weighted by Crippen LogP contribution is 2.23. The second-order valence-electron chi connectivity index (χ2n) is 5.55. The molecule has 0 saturated carbocycles. The molecule has 0 atom stereocenters. The van der Waals surface area contributed by atoms with Gasteiger partial charge in [-0.15, -0.1) is 0 Å². The molecular weight excluding hydrogens is 446 g/mol. The molecule has 0 aliphatic rings. The summed E-state index contributed by atoms with van der Waals surface area (Å²) in [5, 5.41) is 14.5. The Kier molecular flexibility index (Phi) is 6.15. The summed E-state index contributed by atoms with van der Waals surface area (Å²) < 4.78 is 11.0. The van der Waals surface area contributed by atoms with E-state index in [2.05, 4.69) is 26.5 Å². The van der Waals surface area contributed by atoms with Gasteiger partial charge in [0.15, 0.2) is 0 Å². The number of hydrogen-bond donors (Lipinski definition) is 1. The van der Waals surface area contributed by atoms with E-state index < -0.39 is 16.8 Å². The van der Waals surface area contributed by atoms with Crippen LogP contribution in [0.2, 0.25) is 0 Å². The molecule has 1 N–H and O–H groups in total. The predicted octanol–water partition coefficient (Wildman–Crippen LogP) is 3.93. The molecule has 0 aliphatic heterocycles. The second kappa shape index (κ2) is 8.93. The van der Waals surface area contributed by atoms with Crippen LogP contribution in [0.15, 0.2) is 74.9 Å². The third kappa shape index (κ3) is 5.14. The van der Waals surface area contributed by atoms with E-state index in [-0.39, 0.29) is 22.8 Å². The lowest BCUT2D eigenvalue weighted by atomic mass is 10.2. The molecule has 2 aromatic carbocycles. The molecular formula is C19H12BrN3O6. The number of benzene rings is 2. The van der Waals surface area contributed by atoms with Gasteiger partial charge in [-0.05, 0) is 42.5 Å². The average molecular weight is 458 g/mol. The van der Waals surface area contributed by atoms with Gasteiger partial charge in [0.25, 0.3) is 11.6 Å². The number of non-ortho nitro benzene ring substituents is 1. The molecule has 0 aliphatic carbocycles. The molecule has 0 spiro atoms. The second-order valence-corrected chi connectivity index (χ2v) is 6.47. The predicted molar refractivity (Wildman–Crippen MR) is 106 cm³/mol. The highest BCUT2D eigenvalue weighted by atomic mass is 79.9. The maximum Gasteiger partial charge on any atom is 0.379 e. The van der Waals surface area contributed by atoms with Gasteiger partial charge < -0.3 is 9.15 Å². The Morgan fingerprint density at radius 2 is 1.93 bits per heavy atom. The van der Waals surface area contributed by atoms with E-state index in [0.29, 0.717) is 10.0 Å². The van der Waals surface area contributed by atoms with Crippen LogP contribution in [0.1, 0.15) is 26.5 Å². The van der Waals surface area contributed by atoms with Crippen molar-refractivity contribution in [3.63, 3.8) is 0 Å². The normalized spacial score (nSPS) is 10.7. The van der Waals surface area contributed by atoms with E-state index in [0.717, 1.165) is 0 Å². The zero-order chi connectivity index (χ0) is 20.8. The number of furan rings is 1. The molecule has 0 saturated heterocycles. The molecule has 3 rings (SSSR count). The topological polar surface area (TPSA) is 124 Å². The van der Waals surface area contributed by atoms with Gasteiger partial charge in [0.2, 0.25) is 5.76 Å². The number of ether oxygens (including phenoxy) is 1. The maximum atomic E-state index is 12.1. The van der Waals surface area contributed by atoms with E-state index in [1.807, 2.05) is 0 Å². The number of rotatable bonds is 6. The number of nitrogens with one attached hydrogen (secondary N) is 1. The number of nitrogens with zero attached hydrogens (tertiary/aromatic N) is 2. The SMILES string of the molecule is O=C(N/N=C/c1cc(Br)ccc1OC(=O)c1ccco1)c1ccc([N+](=O)[O-])cc1. The van der Waals surface area contributed by atoms with Crippen LogP contribution in [-0.2, 0) is 0 Å². The fourth-order valence-corrected chi connectivity index (χ4v) is 2.60. The van der Waals surface area contributed by atoms with Crippen LogP contribution in [0.4, 0.5) is 5.69 Å². The summed E-state index contributed by atoms with van der Waals surface area (Å²) in [4.78, 5) is 34.3. The summed E-state index contributed by atoms with van der Waals surface area (Å²) in [6.45, 7) is 0. The van der Waals surface area contributed by atoms with Crippen molar-refractivity contribution in [2.45, 2.75) is 0 Å². The van der Waals surface area contributed by atoms with Crippen molar-refractivity contribution < 1.29 is 23.7 Å². The first-order valence-electron chi connectivity index (χ1n) is 8.07. The molecule has 0 radical (unpaired) electrons. The molecule has 29 heavy (non-hydrogen) atoms. The molecule has 1 aromatic heterocycles. The van der Waals surface area contributed by atoms with Crippen molar-refractivity contribution in [1.29, 1.82) is 0 Å². The van der Waals surface area contributed by atoms with Crippen LogP contribution in [0, 0.1) is 10.1 Å². The van der Waals surface area contributed by atoms with Gasteiger partial charge in [-0.3, -0.25) is 14.9 Å². The molecule has 10 heteroatoms. The largest absolute Gasteiger partial charge is 0.457 e. The molecule has 9 nitrogen and oxygen atoms in total. The standard InChI is InChI=1S/C19H12BrN3O6/c20-14-5-8-16(29-19(25)17-2-1-9-28-17)13(10-14)11-21-22-18(24)12-3-6-15(7-4-12)23(26)27/h1-11H,(H,22,24)/b21-11+. The summed E-state index contributed by atoms with van der Waals surface area (Å²) in [5.74, 6) is -0.979. The summed E-state index contributed by atoms with van der Waals surface area (Å²) in [6, 6.07) is 13.0. The van der Waals surface area contributed by atoms with Crippen molar-refractivity contribution in [2.75, 3.05) is 0 Å². The molecule has 0 unspecified atom stereocenters. The van der Waals surface area contributed by atoms with Crippen molar-refractivity contribution >= 4 is 39.7 Å². The van der Waals surface area contributed by atoms with E-state index in [4.69, 9.17) is 9.15 Å². The minimum Gasteiger partial charge on any atom is -0.457 e. The smallest absolute Gasteiger partial charge is 0.379 e. The first kappa shape index (κ1) is 20.0. The first-order valence-corrected chi connectivity index (χ1v) is 8.86. The van der Waals surface area contributed by atoms with E-state index >= 15 is 0 Å². The number of nitro benzene ring substituents is 1. The summed E-state index contributed by atoms with van der Waals surface area (Å²) >= 11 is 3.31. The van der Waals surface area contributed by atoms with Crippen molar-refractivity contribution in [3.8, 4) is 5.75 Å². The fraction of sp³-hybridized carbons (Fsp3) is 0.